The third-order valence-electron chi connectivity index (χ3n) is 1.94. The molecule has 1 aromatic heterocycles. The Kier molecular flexibility index (Phi) is 7.03. The first-order valence-electron chi connectivity index (χ1n) is 5.31. The molecule has 0 spiro atoms. The fourth-order valence-electron chi connectivity index (χ4n) is 1.17. The molecule has 0 radical (unpaired) electrons. The summed E-state index contributed by atoms with van der Waals surface area (Å²) >= 11 is 1.66. The number of anilines is 1. The zero-order valence-corrected chi connectivity index (χ0v) is 14.1. The number of carbonyl (C=O) groups is 1. The zero-order valence-electron chi connectivity index (χ0n) is 10.6. The van der Waals surface area contributed by atoms with Crippen LogP contribution in [0.4, 0.5) is 5.69 Å². The Morgan fingerprint density at radius 2 is 2.24 bits per heavy atom. The van der Waals surface area contributed by atoms with Gasteiger partial charge in [0.2, 0.25) is 4.47 Å². The Labute approximate surface area is 131 Å². The largest absolute Gasteiger partial charge is 0.212 e. The van der Waals surface area contributed by atoms with Gasteiger partial charge in [-0.2, -0.15) is 4.37 Å². The van der Waals surface area contributed by atoms with Crippen LogP contribution in [0.1, 0.15) is 6.92 Å². The van der Waals surface area contributed by atoms with Gasteiger partial charge in [0.05, 0.1) is 0 Å². The fraction of sp³-hybridized carbons (Fsp3) is 0.100. The molecule has 1 amide bonds. The topological polar surface area (TPSA) is 122 Å². The summed E-state index contributed by atoms with van der Waals surface area (Å²) < 4.78 is 28.1. The van der Waals surface area contributed by atoms with E-state index in [0.717, 1.165) is 0 Å². The van der Waals surface area contributed by atoms with E-state index in [-0.39, 0.29) is 10.3 Å². The molecule has 1 aromatic carbocycles. The van der Waals surface area contributed by atoms with E-state index in [4.69, 9.17) is 16.9 Å². The molecule has 2 rings (SSSR count). The minimum atomic E-state index is -4.83. The Morgan fingerprint density at radius 1 is 1.52 bits per heavy atom. The van der Waals surface area contributed by atoms with Gasteiger partial charge in [0.15, 0.2) is 0 Å². The number of nitrogens with zero attached hydrogens (tertiary/aromatic N) is 2. The Bertz CT molecular complexity index is 639. The smallest absolute Gasteiger partial charge is 0.203 e. The molecule has 1 heterocycles. The van der Waals surface area contributed by atoms with E-state index in [9.17, 15) is 12.6 Å². The molecule has 1 atom stereocenters. The summed E-state index contributed by atoms with van der Waals surface area (Å²) in [5.74, 6) is -0.294. The molecule has 0 saturated carbocycles. The molecule has 114 valence electrons. The van der Waals surface area contributed by atoms with Crippen molar-refractivity contribution in [2.75, 3.05) is 5.32 Å². The molecule has 0 fully saturated rings. The van der Waals surface area contributed by atoms with Crippen molar-refractivity contribution in [1.29, 1.82) is 0 Å². The Morgan fingerprint density at radius 3 is 2.67 bits per heavy atom. The number of rotatable bonds is 3. The number of hydrogen-bond donors (Lipinski definition) is 3. The predicted molar refractivity (Wildman–Crippen MR) is 77.7 cm³/mol. The molecule has 21 heavy (non-hydrogen) atoms. The van der Waals surface area contributed by atoms with Crippen LogP contribution in [-0.4, -0.2) is 38.8 Å². The molecule has 0 aliphatic heterocycles. The average molecular weight is 396 g/mol. The van der Waals surface area contributed by atoms with Gasteiger partial charge in [-0.25, -0.2) is 4.98 Å². The summed E-state index contributed by atoms with van der Waals surface area (Å²) in [6.45, 7) is 1.32. The van der Waals surface area contributed by atoms with Gasteiger partial charge in [0.25, 0.3) is 0 Å². The van der Waals surface area contributed by atoms with Crippen molar-refractivity contribution in [2.24, 2.45) is 0 Å². The minimum absolute atomic E-state index is 0.0399. The quantitative estimate of drug-likeness (QED) is 0.401. The number of carbonyl (C=O) groups excluding carboxylic acids is 1. The van der Waals surface area contributed by atoms with E-state index in [1.54, 1.807) is 6.07 Å². The van der Waals surface area contributed by atoms with Gasteiger partial charge in [-0.1, -0.05) is 0 Å². The summed E-state index contributed by atoms with van der Waals surface area (Å²) in [4.78, 5) is 14.3. The van der Waals surface area contributed by atoms with Crippen LogP contribution in [0.3, 0.4) is 0 Å². The number of aromatic nitrogens is 2. The molecular formula is C10H11AsClN3O5S. The van der Waals surface area contributed by atoms with Crippen LogP contribution in [0, 0.1) is 0 Å². The summed E-state index contributed by atoms with van der Waals surface area (Å²) in [6, 6.07) is 5.64. The van der Waals surface area contributed by atoms with Gasteiger partial charge in [0.1, 0.15) is 6.33 Å². The van der Waals surface area contributed by atoms with Crippen molar-refractivity contribution < 1.29 is 21.8 Å². The molecule has 0 saturated heterocycles. The average Bonchev–Trinajstić information content (AvgIpc) is 2.90. The minimum Gasteiger partial charge on any atom is -0.212 e. The summed E-state index contributed by atoms with van der Waals surface area (Å²) in [6.07, 6.45) is 1.42. The van der Waals surface area contributed by atoms with Crippen LogP contribution >= 0.6 is 23.1 Å². The molecule has 0 aliphatic carbocycles. The van der Waals surface area contributed by atoms with Gasteiger partial charge in [-0.05, 0) is 23.1 Å². The number of nitrogens with one attached hydrogen (secondary N) is 1. The normalized spacial score (nSPS) is 12.8. The van der Waals surface area contributed by atoms with E-state index in [2.05, 4.69) is 18.6 Å². The van der Waals surface area contributed by atoms with Crippen molar-refractivity contribution in [3.63, 3.8) is 0 Å². The number of hydrogen-bond acceptors (Lipinski definition) is 7. The van der Waals surface area contributed by atoms with Crippen molar-refractivity contribution in [2.45, 2.75) is 6.92 Å². The van der Waals surface area contributed by atoms with E-state index >= 15 is 0 Å². The first-order chi connectivity index (χ1) is 9.85. The number of amides is 1. The summed E-state index contributed by atoms with van der Waals surface area (Å²) in [5, 5.41) is 10.7. The number of halogens is 1. The second-order valence-corrected chi connectivity index (χ2v) is 8.50. The third-order valence-corrected chi connectivity index (χ3v) is 5.12. The van der Waals surface area contributed by atoms with E-state index in [0.29, 0.717) is 10.2 Å². The third kappa shape index (κ3) is 6.38. The first-order valence-corrected chi connectivity index (χ1v) is 9.77. The van der Waals surface area contributed by atoms with Crippen molar-refractivity contribution in [1.82, 2.24) is 9.36 Å². The van der Waals surface area contributed by atoms with Crippen LogP contribution < -0.4 is 9.67 Å². The maximum atomic E-state index is 11.3. The molecule has 3 N–H and O–H groups in total. The molecule has 1 unspecified atom stereocenters. The number of benzene rings is 1. The van der Waals surface area contributed by atoms with E-state index in [1.807, 2.05) is 0 Å². The zero-order chi connectivity index (χ0) is 15.9. The van der Waals surface area contributed by atoms with Crippen molar-refractivity contribution in [3.05, 3.63) is 35.1 Å². The van der Waals surface area contributed by atoms with Crippen LogP contribution in [0.2, 0.25) is 4.47 Å². The monoisotopic (exact) mass is 395 g/mol. The van der Waals surface area contributed by atoms with Crippen LogP contribution in [0.5, 0.6) is 0 Å². The maximum Gasteiger partial charge on any atom is 0.203 e. The van der Waals surface area contributed by atoms with Crippen molar-refractivity contribution >= 4 is 53.3 Å². The van der Waals surface area contributed by atoms with Gasteiger partial charge < -0.3 is 0 Å². The summed E-state index contributed by atoms with van der Waals surface area (Å²) in [7, 11) is 0. The van der Waals surface area contributed by atoms with Gasteiger partial charge in [-0.15, -0.1) is 0 Å². The molecule has 0 aliphatic rings. The Balaban J connectivity index is 0.000000304. The van der Waals surface area contributed by atoms with Crippen molar-refractivity contribution in [3.8, 4) is 0 Å². The maximum absolute atomic E-state index is 11.3. The van der Waals surface area contributed by atoms with Crippen LogP contribution in [0.25, 0.3) is 0 Å². The van der Waals surface area contributed by atoms with Gasteiger partial charge in [-0.3, -0.25) is 0 Å². The molecule has 11 heteroatoms. The molecule has 0 bridgehead atoms. The molecule has 2 aromatic rings. The second-order valence-electron chi connectivity index (χ2n) is 3.53. The SMILES string of the molecule is CC(=O)Nc1cccc([As](=O)(O)OO)c1.Clc1ncns1. The fourth-order valence-corrected chi connectivity index (χ4v) is 3.02. The predicted octanol–water partition coefficient (Wildman–Crippen LogP) is 0.895. The second kappa shape index (κ2) is 8.28. The standard InChI is InChI=1S/C8H10AsNO5.C2HClN2S/c1-6(11)10-8-4-2-3-7(5-8)9(12,13)15-14;3-2-4-1-5-6-2/h2-5,14H,1H3,(H,10,11)(H,12,13);1H. The van der Waals surface area contributed by atoms with Crippen LogP contribution in [-0.2, 0) is 12.4 Å². The van der Waals surface area contributed by atoms with E-state index < -0.39 is 14.2 Å². The van der Waals surface area contributed by atoms with Crippen LogP contribution in [0.15, 0.2) is 30.6 Å². The molecular weight excluding hydrogens is 385 g/mol. The van der Waals surface area contributed by atoms with E-state index in [1.165, 1.54) is 43.0 Å². The first kappa shape index (κ1) is 17.8. The Hall–Kier alpha value is -1.22. The van der Waals surface area contributed by atoms with Gasteiger partial charge >= 0.3 is 88.4 Å². The van der Waals surface area contributed by atoms with Gasteiger partial charge in [0, 0.05) is 0 Å². The summed E-state index contributed by atoms with van der Waals surface area (Å²) in [5.41, 5.74) is 0.368. The molecule has 8 nitrogen and oxygen atoms in total.